The van der Waals surface area contributed by atoms with E-state index >= 15 is 0 Å². The molecule has 5 nitrogen and oxygen atoms in total. The maximum absolute atomic E-state index is 13.1. The van der Waals surface area contributed by atoms with E-state index in [1.807, 2.05) is 49.4 Å². The van der Waals surface area contributed by atoms with Crippen LogP contribution in [0, 0.1) is 6.92 Å². The Hall–Kier alpha value is -3.60. The summed E-state index contributed by atoms with van der Waals surface area (Å²) < 4.78 is 5.87. The second kappa shape index (κ2) is 7.56. The first kappa shape index (κ1) is 17.8. The molecule has 2 amide bonds. The van der Waals surface area contributed by atoms with Gasteiger partial charge in [0.15, 0.2) is 0 Å². The predicted molar refractivity (Wildman–Crippen MR) is 109 cm³/mol. The fourth-order valence-electron chi connectivity index (χ4n) is 3.26. The quantitative estimate of drug-likeness (QED) is 0.748. The molecule has 0 unspecified atom stereocenters. The van der Waals surface area contributed by atoms with Crippen LogP contribution in [0.4, 0.5) is 11.4 Å². The number of carbonyl (C=O) groups is 2. The lowest BCUT2D eigenvalue weighted by atomic mass is 10.1. The molecule has 0 saturated heterocycles. The first-order chi connectivity index (χ1) is 13.6. The van der Waals surface area contributed by atoms with E-state index in [4.69, 9.17) is 4.74 Å². The Morgan fingerprint density at radius 2 is 1.86 bits per heavy atom. The third-order valence-electron chi connectivity index (χ3n) is 4.58. The summed E-state index contributed by atoms with van der Waals surface area (Å²) in [6.45, 7) is 2.45. The Labute approximate surface area is 163 Å². The van der Waals surface area contributed by atoms with Gasteiger partial charge < -0.3 is 10.1 Å². The van der Waals surface area contributed by atoms with Gasteiger partial charge in [0.1, 0.15) is 18.9 Å². The molecule has 0 spiro atoms. The van der Waals surface area contributed by atoms with Crippen molar-refractivity contribution in [2.24, 2.45) is 0 Å². The number of anilines is 2. The van der Waals surface area contributed by atoms with Crippen molar-refractivity contribution in [3.8, 4) is 5.75 Å². The van der Waals surface area contributed by atoms with Gasteiger partial charge in [-0.25, -0.2) is 0 Å². The number of hydrogen-bond donors (Lipinski definition) is 1. The van der Waals surface area contributed by atoms with Crippen LogP contribution in [0.2, 0.25) is 0 Å². The molecule has 3 aromatic carbocycles. The van der Waals surface area contributed by atoms with Crippen molar-refractivity contribution >= 4 is 23.2 Å². The van der Waals surface area contributed by atoms with Crippen LogP contribution in [0.5, 0.6) is 5.75 Å². The highest BCUT2D eigenvalue weighted by Crippen LogP contribution is 2.30. The molecule has 1 aliphatic rings. The van der Waals surface area contributed by atoms with Gasteiger partial charge in [-0.05, 0) is 42.8 Å². The molecule has 5 heteroatoms. The molecule has 28 heavy (non-hydrogen) atoms. The van der Waals surface area contributed by atoms with Gasteiger partial charge in [-0.2, -0.15) is 0 Å². The zero-order valence-electron chi connectivity index (χ0n) is 15.5. The SMILES string of the molecule is Cc1cccc(COc2cccc(C(=O)N3CC(=O)Nc4ccccc43)c2)c1. The summed E-state index contributed by atoms with van der Waals surface area (Å²) in [5.74, 6) is 0.171. The molecule has 1 N–H and O–H groups in total. The van der Waals surface area contributed by atoms with Crippen LogP contribution in [0.25, 0.3) is 0 Å². The number of ether oxygens (including phenoxy) is 1. The van der Waals surface area contributed by atoms with E-state index in [-0.39, 0.29) is 18.4 Å². The molecule has 0 aromatic heterocycles. The summed E-state index contributed by atoms with van der Waals surface area (Å²) in [5, 5.41) is 2.79. The Bertz CT molecular complexity index is 1050. The van der Waals surface area contributed by atoms with E-state index in [1.165, 1.54) is 10.5 Å². The molecule has 1 heterocycles. The van der Waals surface area contributed by atoms with Crippen molar-refractivity contribution in [1.29, 1.82) is 0 Å². The van der Waals surface area contributed by atoms with Crippen LogP contribution in [0.1, 0.15) is 21.5 Å². The van der Waals surface area contributed by atoms with Crippen molar-refractivity contribution < 1.29 is 14.3 Å². The van der Waals surface area contributed by atoms with Crippen LogP contribution in [0.15, 0.2) is 72.8 Å². The first-order valence-electron chi connectivity index (χ1n) is 9.09. The predicted octanol–water partition coefficient (Wildman–Crippen LogP) is 4.17. The Morgan fingerprint density at radius 1 is 1.04 bits per heavy atom. The van der Waals surface area contributed by atoms with Crippen molar-refractivity contribution in [1.82, 2.24) is 0 Å². The maximum atomic E-state index is 13.1. The van der Waals surface area contributed by atoms with E-state index in [1.54, 1.807) is 24.3 Å². The number of hydrogen-bond acceptors (Lipinski definition) is 3. The molecule has 4 rings (SSSR count). The zero-order chi connectivity index (χ0) is 19.5. The average Bonchev–Trinajstić information content (AvgIpc) is 2.71. The molecular formula is C23H20N2O3. The third kappa shape index (κ3) is 3.74. The maximum Gasteiger partial charge on any atom is 0.258 e. The smallest absolute Gasteiger partial charge is 0.258 e. The molecule has 0 bridgehead atoms. The minimum Gasteiger partial charge on any atom is -0.489 e. The highest BCUT2D eigenvalue weighted by Gasteiger charge is 2.27. The summed E-state index contributed by atoms with van der Waals surface area (Å²) in [6, 6.07) is 22.4. The fraction of sp³-hybridized carbons (Fsp3) is 0.130. The van der Waals surface area contributed by atoms with Gasteiger partial charge >= 0.3 is 0 Å². The van der Waals surface area contributed by atoms with Crippen LogP contribution >= 0.6 is 0 Å². The zero-order valence-corrected chi connectivity index (χ0v) is 15.5. The number of nitrogens with one attached hydrogen (secondary N) is 1. The molecular weight excluding hydrogens is 352 g/mol. The molecule has 3 aromatic rings. The largest absolute Gasteiger partial charge is 0.489 e. The second-order valence-corrected chi connectivity index (χ2v) is 6.76. The van der Waals surface area contributed by atoms with Crippen molar-refractivity contribution in [3.05, 3.63) is 89.5 Å². The number of benzene rings is 3. The lowest BCUT2D eigenvalue weighted by Gasteiger charge is -2.29. The molecule has 0 aliphatic carbocycles. The van der Waals surface area contributed by atoms with E-state index in [0.29, 0.717) is 29.3 Å². The number of para-hydroxylation sites is 2. The summed E-state index contributed by atoms with van der Waals surface area (Å²) in [5.41, 5.74) is 4.05. The minimum atomic E-state index is -0.233. The van der Waals surface area contributed by atoms with Gasteiger partial charge in [-0.15, -0.1) is 0 Å². The topological polar surface area (TPSA) is 58.6 Å². The Morgan fingerprint density at radius 3 is 2.71 bits per heavy atom. The molecule has 1 aliphatic heterocycles. The monoisotopic (exact) mass is 372 g/mol. The lowest BCUT2D eigenvalue weighted by molar-refractivity contribution is -0.115. The number of aryl methyl sites for hydroxylation is 1. The first-order valence-corrected chi connectivity index (χ1v) is 9.09. The minimum absolute atomic E-state index is 0.00970. The van der Waals surface area contributed by atoms with Gasteiger partial charge in [-0.1, -0.05) is 48.0 Å². The number of rotatable bonds is 4. The summed E-state index contributed by atoms with van der Waals surface area (Å²) in [7, 11) is 0. The molecule has 0 fully saturated rings. The van der Waals surface area contributed by atoms with Gasteiger partial charge in [0.05, 0.1) is 11.4 Å². The van der Waals surface area contributed by atoms with Crippen LogP contribution in [0.3, 0.4) is 0 Å². The summed E-state index contributed by atoms with van der Waals surface area (Å²) in [4.78, 5) is 26.6. The number of amides is 2. The molecule has 0 atom stereocenters. The van der Waals surface area contributed by atoms with Crippen molar-refractivity contribution in [3.63, 3.8) is 0 Å². The fourth-order valence-corrected chi connectivity index (χ4v) is 3.26. The van der Waals surface area contributed by atoms with Crippen molar-refractivity contribution in [2.45, 2.75) is 13.5 Å². The Kier molecular flexibility index (Phi) is 4.81. The van der Waals surface area contributed by atoms with Crippen LogP contribution < -0.4 is 15.0 Å². The van der Waals surface area contributed by atoms with Gasteiger partial charge in [0.25, 0.3) is 5.91 Å². The molecule has 140 valence electrons. The average molecular weight is 372 g/mol. The van der Waals surface area contributed by atoms with E-state index in [9.17, 15) is 9.59 Å². The highest BCUT2D eigenvalue weighted by atomic mass is 16.5. The number of carbonyl (C=O) groups excluding carboxylic acids is 2. The van der Waals surface area contributed by atoms with Crippen molar-refractivity contribution in [2.75, 3.05) is 16.8 Å². The van der Waals surface area contributed by atoms with E-state index in [0.717, 1.165) is 5.56 Å². The number of fused-ring (bicyclic) bond motifs is 1. The highest BCUT2D eigenvalue weighted by molar-refractivity contribution is 6.15. The normalized spacial score (nSPS) is 12.9. The Balaban J connectivity index is 1.54. The summed E-state index contributed by atoms with van der Waals surface area (Å²) in [6.07, 6.45) is 0. The van der Waals surface area contributed by atoms with Crippen LogP contribution in [-0.2, 0) is 11.4 Å². The molecule has 0 saturated carbocycles. The van der Waals surface area contributed by atoms with Crippen LogP contribution in [-0.4, -0.2) is 18.4 Å². The van der Waals surface area contributed by atoms with Gasteiger partial charge in [0.2, 0.25) is 5.91 Å². The number of nitrogens with zero attached hydrogens (tertiary/aromatic N) is 1. The second-order valence-electron chi connectivity index (χ2n) is 6.76. The van der Waals surface area contributed by atoms with E-state index < -0.39 is 0 Å². The van der Waals surface area contributed by atoms with E-state index in [2.05, 4.69) is 11.4 Å². The van der Waals surface area contributed by atoms with Gasteiger partial charge in [-0.3, -0.25) is 14.5 Å². The standard InChI is InChI=1S/C23H20N2O3/c1-16-6-4-7-17(12-16)15-28-19-9-5-8-18(13-19)23(27)25-14-22(26)24-20-10-2-3-11-21(20)25/h2-13H,14-15H2,1H3,(H,24,26). The molecule has 0 radical (unpaired) electrons. The van der Waals surface area contributed by atoms with Gasteiger partial charge in [0, 0.05) is 5.56 Å². The third-order valence-corrected chi connectivity index (χ3v) is 4.58. The summed E-state index contributed by atoms with van der Waals surface area (Å²) >= 11 is 0. The lowest BCUT2D eigenvalue weighted by Crippen LogP contribution is -2.42.